The number of hydrogen-bond acceptors (Lipinski definition) is 2. The number of benzene rings is 2. The van der Waals surface area contributed by atoms with Crippen LogP contribution in [0.25, 0.3) is 0 Å². The fourth-order valence-electron chi connectivity index (χ4n) is 2.48. The van der Waals surface area contributed by atoms with Crippen LogP contribution in [0.15, 0.2) is 79.0 Å². The first-order valence-corrected chi connectivity index (χ1v) is 6.43. The maximum atomic E-state index is 11.3. The quantitative estimate of drug-likeness (QED) is 0.715. The van der Waals surface area contributed by atoms with E-state index in [0.717, 1.165) is 4.73 Å². The molecule has 1 aromatic heterocycles. The van der Waals surface area contributed by atoms with Crippen LogP contribution in [0.1, 0.15) is 16.8 Å². The van der Waals surface area contributed by atoms with Crippen molar-refractivity contribution in [2.75, 3.05) is 0 Å². The molecule has 3 nitrogen and oxygen atoms in total. The minimum atomic E-state index is -1.39. The Bertz CT molecular complexity index is 650. The number of rotatable bonds is 3. The average Bonchev–Trinajstić information content (AvgIpc) is 2.95. The number of hydrogen-bond donors (Lipinski definition) is 2. The van der Waals surface area contributed by atoms with Crippen molar-refractivity contribution in [1.82, 2.24) is 4.73 Å². The zero-order chi connectivity index (χ0) is 14.0. The largest absolute Gasteiger partial charge is 0.429 e. The van der Waals surface area contributed by atoms with Gasteiger partial charge in [0.15, 0.2) is 5.60 Å². The predicted octanol–water partition coefficient (Wildman–Crippen LogP) is 3.01. The second-order valence-electron chi connectivity index (χ2n) is 4.68. The van der Waals surface area contributed by atoms with E-state index in [1.807, 2.05) is 60.7 Å². The van der Waals surface area contributed by atoms with Crippen molar-refractivity contribution in [2.45, 2.75) is 5.60 Å². The van der Waals surface area contributed by atoms with E-state index in [1.165, 1.54) is 6.20 Å². The molecule has 0 aliphatic carbocycles. The highest BCUT2D eigenvalue weighted by atomic mass is 16.5. The first-order chi connectivity index (χ1) is 9.73. The molecule has 0 fully saturated rings. The molecule has 0 saturated heterocycles. The summed E-state index contributed by atoms with van der Waals surface area (Å²) in [5, 5.41) is 21.3. The highest BCUT2D eigenvalue weighted by Gasteiger charge is 2.36. The normalized spacial score (nSPS) is 11.4. The average molecular weight is 265 g/mol. The van der Waals surface area contributed by atoms with Gasteiger partial charge >= 0.3 is 0 Å². The van der Waals surface area contributed by atoms with E-state index in [9.17, 15) is 10.3 Å². The second-order valence-corrected chi connectivity index (χ2v) is 4.68. The Balaban J connectivity index is 2.27. The van der Waals surface area contributed by atoms with Gasteiger partial charge in [-0.15, -0.1) is 0 Å². The summed E-state index contributed by atoms with van der Waals surface area (Å²) < 4.78 is 0.958. The molecule has 2 aromatic carbocycles. The fraction of sp³-hybridized carbons (Fsp3) is 0.0588. The van der Waals surface area contributed by atoms with E-state index < -0.39 is 5.60 Å². The van der Waals surface area contributed by atoms with E-state index in [4.69, 9.17) is 0 Å². The molecule has 3 rings (SSSR count). The van der Waals surface area contributed by atoms with Gasteiger partial charge in [-0.1, -0.05) is 60.7 Å². The Labute approximate surface area is 117 Å². The van der Waals surface area contributed by atoms with Gasteiger partial charge in [0, 0.05) is 6.20 Å². The van der Waals surface area contributed by atoms with Crippen molar-refractivity contribution in [3.8, 4) is 0 Å². The fourth-order valence-corrected chi connectivity index (χ4v) is 2.48. The molecule has 1 heterocycles. The van der Waals surface area contributed by atoms with Crippen LogP contribution in [0.5, 0.6) is 0 Å². The van der Waals surface area contributed by atoms with Crippen LogP contribution in [0.3, 0.4) is 0 Å². The molecule has 0 spiro atoms. The molecular weight excluding hydrogens is 250 g/mol. The van der Waals surface area contributed by atoms with Crippen molar-refractivity contribution in [1.29, 1.82) is 0 Å². The SMILES string of the molecule is On1cccc1C(O)(c1ccccc1)c1ccccc1. The molecule has 20 heavy (non-hydrogen) atoms. The molecule has 0 atom stereocenters. The third kappa shape index (κ3) is 1.89. The molecule has 0 bridgehead atoms. The van der Waals surface area contributed by atoms with Crippen LogP contribution in [-0.4, -0.2) is 15.0 Å². The molecule has 0 aliphatic rings. The van der Waals surface area contributed by atoms with Crippen molar-refractivity contribution in [3.05, 3.63) is 95.8 Å². The summed E-state index contributed by atoms with van der Waals surface area (Å²) in [4.78, 5) is 0. The smallest absolute Gasteiger partial charge is 0.158 e. The Kier molecular flexibility index (Phi) is 3.05. The topological polar surface area (TPSA) is 45.4 Å². The standard InChI is InChI=1S/C17H15NO2/c19-17(14-8-3-1-4-9-14,15-10-5-2-6-11-15)16-12-7-13-18(16)20/h1-13,19-20H. The van der Waals surface area contributed by atoms with Gasteiger partial charge < -0.3 is 10.3 Å². The van der Waals surface area contributed by atoms with Crippen LogP contribution < -0.4 is 0 Å². The van der Waals surface area contributed by atoms with E-state index in [-0.39, 0.29) is 0 Å². The van der Waals surface area contributed by atoms with Gasteiger partial charge in [-0.05, 0) is 23.3 Å². The maximum absolute atomic E-state index is 11.3. The molecule has 3 heteroatoms. The Morgan fingerprint density at radius 1 is 0.700 bits per heavy atom. The van der Waals surface area contributed by atoms with E-state index >= 15 is 0 Å². The second kappa shape index (κ2) is 4.87. The van der Waals surface area contributed by atoms with E-state index in [2.05, 4.69) is 0 Å². The lowest BCUT2D eigenvalue weighted by Gasteiger charge is -2.29. The van der Waals surface area contributed by atoms with Crippen molar-refractivity contribution in [3.63, 3.8) is 0 Å². The van der Waals surface area contributed by atoms with Crippen LogP contribution in [0, 0.1) is 0 Å². The lowest BCUT2D eigenvalue weighted by atomic mass is 9.83. The minimum Gasteiger partial charge on any atom is -0.429 e. The van der Waals surface area contributed by atoms with Crippen LogP contribution >= 0.6 is 0 Å². The third-order valence-electron chi connectivity index (χ3n) is 3.48. The van der Waals surface area contributed by atoms with E-state index in [0.29, 0.717) is 16.8 Å². The van der Waals surface area contributed by atoms with Crippen LogP contribution in [-0.2, 0) is 5.60 Å². The highest BCUT2D eigenvalue weighted by molar-refractivity contribution is 5.44. The van der Waals surface area contributed by atoms with Crippen molar-refractivity contribution in [2.24, 2.45) is 0 Å². The molecule has 0 unspecified atom stereocenters. The molecule has 0 saturated carbocycles. The van der Waals surface area contributed by atoms with Crippen molar-refractivity contribution >= 4 is 0 Å². The Hall–Kier alpha value is -2.52. The van der Waals surface area contributed by atoms with Gasteiger partial charge in [0.25, 0.3) is 0 Å². The van der Waals surface area contributed by atoms with Gasteiger partial charge in [-0.2, -0.15) is 4.73 Å². The molecule has 2 N–H and O–H groups in total. The molecule has 100 valence electrons. The van der Waals surface area contributed by atoms with Crippen molar-refractivity contribution < 1.29 is 10.3 Å². The maximum Gasteiger partial charge on any atom is 0.158 e. The third-order valence-corrected chi connectivity index (χ3v) is 3.48. The zero-order valence-corrected chi connectivity index (χ0v) is 10.8. The lowest BCUT2D eigenvalue weighted by molar-refractivity contribution is 0.0805. The summed E-state index contributed by atoms with van der Waals surface area (Å²) in [6, 6.07) is 22.1. The van der Waals surface area contributed by atoms with Gasteiger partial charge in [0.2, 0.25) is 0 Å². The monoisotopic (exact) mass is 265 g/mol. The Morgan fingerprint density at radius 3 is 1.60 bits per heavy atom. The minimum absolute atomic E-state index is 0.412. The number of nitrogens with zero attached hydrogens (tertiary/aromatic N) is 1. The molecular formula is C17H15NO2. The Morgan fingerprint density at radius 2 is 1.20 bits per heavy atom. The van der Waals surface area contributed by atoms with Gasteiger partial charge in [0.05, 0.1) is 5.69 Å². The summed E-state index contributed by atoms with van der Waals surface area (Å²) >= 11 is 0. The summed E-state index contributed by atoms with van der Waals surface area (Å²) in [6.45, 7) is 0. The summed E-state index contributed by atoms with van der Waals surface area (Å²) in [5.74, 6) is 0. The first kappa shape index (κ1) is 12.5. The molecule has 0 amide bonds. The van der Waals surface area contributed by atoms with Gasteiger partial charge in [0.1, 0.15) is 0 Å². The lowest BCUT2D eigenvalue weighted by Crippen LogP contribution is -2.31. The molecule has 3 aromatic rings. The summed E-state index contributed by atoms with van der Waals surface area (Å²) in [6.07, 6.45) is 1.51. The summed E-state index contributed by atoms with van der Waals surface area (Å²) in [5.41, 5.74) is 0.441. The number of aliphatic hydroxyl groups is 1. The predicted molar refractivity (Wildman–Crippen MR) is 76.6 cm³/mol. The van der Waals surface area contributed by atoms with Crippen LogP contribution in [0.2, 0.25) is 0 Å². The van der Waals surface area contributed by atoms with Gasteiger partial charge in [-0.25, -0.2) is 0 Å². The number of aromatic nitrogens is 1. The highest BCUT2D eigenvalue weighted by Crippen LogP contribution is 2.36. The summed E-state index contributed by atoms with van der Waals surface area (Å²) in [7, 11) is 0. The molecule has 0 radical (unpaired) electrons. The van der Waals surface area contributed by atoms with Gasteiger partial charge in [-0.3, -0.25) is 0 Å². The van der Waals surface area contributed by atoms with Crippen LogP contribution in [0.4, 0.5) is 0 Å². The zero-order valence-electron chi connectivity index (χ0n) is 10.8. The first-order valence-electron chi connectivity index (χ1n) is 6.43. The van der Waals surface area contributed by atoms with E-state index in [1.54, 1.807) is 12.1 Å². The molecule has 0 aliphatic heterocycles.